The molecule has 0 radical (unpaired) electrons. The number of nitrogens with zero attached hydrogens (tertiary/aromatic N) is 3. The number of pyridine rings is 1. The van der Waals surface area contributed by atoms with Gasteiger partial charge in [0.25, 0.3) is 5.56 Å². The van der Waals surface area contributed by atoms with Crippen LogP contribution in [0.15, 0.2) is 15.3 Å². The first-order valence-corrected chi connectivity index (χ1v) is 8.01. The lowest BCUT2D eigenvalue weighted by molar-refractivity contribution is -0.0439. The summed E-state index contributed by atoms with van der Waals surface area (Å²) in [6.07, 6.45) is 0.146. The third kappa shape index (κ3) is 2.66. The number of fused-ring (bicyclic) bond motifs is 1. The van der Waals surface area contributed by atoms with Crippen LogP contribution >= 0.6 is 15.9 Å². The van der Waals surface area contributed by atoms with Crippen molar-refractivity contribution in [3.8, 4) is 0 Å². The van der Waals surface area contributed by atoms with Gasteiger partial charge in [-0.15, -0.1) is 0 Å². The molecule has 0 atom stereocenters. The lowest BCUT2D eigenvalue weighted by Gasteiger charge is -2.30. The van der Waals surface area contributed by atoms with E-state index in [0.29, 0.717) is 15.6 Å². The first kappa shape index (κ1) is 15.5. The van der Waals surface area contributed by atoms with Crippen molar-refractivity contribution >= 4 is 27.1 Å². The van der Waals surface area contributed by atoms with E-state index >= 15 is 0 Å². The van der Waals surface area contributed by atoms with Crippen molar-refractivity contribution in [3.05, 3.63) is 32.3 Å². The molecular formula is C15H16BrF2N3O. The van der Waals surface area contributed by atoms with Crippen LogP contribution in [-0.4, -0.2) is 20.5 Å². The van der Waals surface area contributed by atoms with E-state index < -0.39 is 5.92 Å². The van der Waals surface area contributed by atoms with Crippen molar-refractivity contribution in [2.75, 3.05) is 0 Å². The first-order chi connectivity index (χ1) is 10.3. The van der Waals surface area contributed by atoms with E-state index in [9.17, 15) is 13.6 Å². The number of hydrogen-bond acceptors (Lipinski definition) is 3. The topological polar surface area (TPSA) is 47.8 Å². The Kier molecular flexibility index (Phi) is 3.79. The second-order valence-electron chi connectivity index (χ2n) is 5.86. The molecule has 1 aliphatic carbocycles. The zero-order valence-electron chi connectivity index (χ0n) is 12.4. The molecule has 1 fully saturated rings. The fourth-order valence-corrected chi connectivity index (χ4v) is 3.31. The number of aromatic nitrogens is 3. The van der Waals surface area contributed by atoms with E-state index in [0.717, 1.165) is 11.4 Å². The maximum absolute atomic E-state index is 13.4. The molecule has 4 nitrogen and oxygen atoms in total. The van der Waals surface area contributed by atoms with Gasteiger partial charge in [-0.3, -0.25) is 9.36 Å². The van der Waals surface area contributed by atoms with Crippen LogP contribution < -0.4 is 5.56 Å². The molecule has 22 heavy (non-hydrogen) atoms. The van der Waals surface area contributed by atoms with Crippen molar-refractivity contribution < 1.29 is 8.78 Å². The number of aryl methyl sites for hydroxylation is 2. The minimum absolute atomic E-state index is 0.198. The van der Waals surface area contributed by atoms with Crippen molar-refractivity contribution in [3.63, 3.8) is 0 Å². The highest BCUT2D eigenvalue weighted by molar-refractivity contribution is 9.10. The first-order valence-electron chi connectivity index (χ1n) is 7.22. The largest absolute Gasteiger partial charge is 0.287 e. The lowest BCUT2D eigenvalue weighted by atomic mass is 9.92. The Labute approximate surface area is 134 Å². The van der Waals surface area contributed by atoms with Crippen molar-refractivity contribution in [1.29, 1.82) is 0 Å². The molecule has 2 aromatic heterocycles. The number of alkyl halides is 2. The summed E-state index contributed by atoms with van der Waals surface area (Å²) < 4.78 is 28.7. The fraction of sp³-hybridized carbons (Fsp3) is 0.533. The summed E-state index contributed by atoms with van der Waals surface area (Å²) in [5.41, 5.74) is 2.38. The van der Waals surface area contributed by atoms with Gasteiger partial charge in [-0.2, -0.15) is 0 Å². The molecule has 1 saturated carbocycles. The normalized spacial score (nSPS) is 18.8. The van der Waals surface area contributed by atoms with Crippen LogP contribution in [0.2, 0.25) is 0 Å². The molecule has 118 valence electrons. The number of hydrogen-bond donors (Lipinski definition) is 0. The van der Waals surface area contributed by atoms with Crippen molar-refractivity contribution in [1.82, 2.24) is 14.5 Å². The quantitative estimate of drug-likeness (QED) is 0.763. The van der Waals surface area contributed by atoms with Gasteiger partial charge in [-0.25, -0.2) is 18.7 Å². The zero-order valence-corrected chi connectivity index (χ0v) is 14.0. The monoisotopic (exact) mass is 371 g/mol. The molecule has 0 aliphatic heterocycles. The van der Waals surface area contributed by atoms with Gasteiger partial charge in [-0.05, 0) is 48.7 Å². The molecular weight excluding hydrogens is 356 g/mol. The summed E-state index contributed by atoms with van der Waals surface area (Å²) in [7, 11) is 0. The summed E-state index contributed by atoms with van der Waals surface area (Å²) in [4.78, 5) is 21.4. The van der Waals surface area contributed by atoms with E-state index in [2.05, 4.69) is 25.9 Å². The van der Waals surface area contributed by atoms with Gasteiger partial charge in [0.2, 0.25) is 5.92 Å². The second kappa shape index (κ2) is 5.37. The molecule has 0 unspecified atom stereocenters. The van der Waals surface area contributed by atoms with Gasteiger partial charge in [-0.1, -0.05) is 0 Å². The standard InChI is InChI=1S/C15H16BrF2N3O/c1-8-9(2)20-13-12(19-8)7-11(16)14(22)21(13)10-3-5-15(17,18)6-4-10/h7,10H,3-6H2,1-2H3. The summed E-state index contributed by atoms with van der Waals surface area (Å²) in [5, 5.41) is 0. The molecule has 0 N–H and O–H groups in total. The SMILES string of the molecule is Cc1nc2cc(Br)c(=O)n(C3CCC(F)(F)CC3)c2nc1C. The Balaban J connectivity index is 2.18. The average Bonchev–Trinajstić information content (AvgIpc) is 2.44. The predicted molar refractivity (Wildman–Crippen MR) is 83.4 cm³/mol. The van der Waals surface area contributed by atoms with E-state index in [4.69, 9.17) is 0 Å². The van der Waals surface area contributed by atoms with Gasteiger partial charge in [0.15, 0.2) is 5.65 Å². The Morgan fingerprint density at radius 1 is 1.23 bits per heavy atom. The van der Waals surface area contributed by atoms with Gasteiger partial charge in [0.1, 0.15) is 5.52 Å². The van der Waals surface area contributed by atoms with Crippen LogP contribution in [0.1, 0.15) is 43.1 Å². The molecule has 0 saturated heterocycles. The van der Waals surface area contributed by atoms with Crippen LogP contribution in [-0.2, 0) is 0 Å². The lowest BCUT2D eigenvalue weighted by Crippen LogP contribution is -2.32. The van der Waals surface area contributed by atoms with E-state index in [1.807, 2.05) is 13.8 Å². The fourth-order valence-electron chi connectivity index (χ4n) is 2.90. The second-order valence-corrected chi connectivity index (χ2v) is 6.71. The van der Waals surface area contributed by atoms with Crippen molar-refractivity contribution in [2.24, 2.45) is 0 Å². The van der Waals surface area contributed by atoms with Crippen LogP contribution in [0.5, 0.6) is 0 Å². The molecule has 0 aromatic carbocycles. The minimum Gasteiger partial charge on any atom is -0.287 e. The Morgan fingerprint density at radius 3 is 2.45 bits per heavy atom. The van der Waals surface area contributed by atoms with E-state index in [-0.39, 0.29) is 37.3 Å². The summed E-state index contributed by atoms with van der Waals surface area (Å²) in [5.74, 6) is -2.62. The molecule has 2 heterocycles. The van der Waals surface area contributed by atoms with E-state index in [1.54, 1.807) is 6.07 Å². The van der Waals surface area contributed by atoms with Crippen LogP contribution in [0, 0.1) is 13.8 Å². The summed E-state index contributed by atoms with van der Waals surface area (Å²) in [6, 6.07) is 1.38. The molecule has 2 aromatic rings. The van der Waals surface area contributed by atoms with Gasteiger partial charge in [0.05, 0.1) is 15.9 Å². The summed E-state index contributed by atoms with van der Waals surface area (Å²) in [6.45, 7) is 3.68. The van der Waals surface area contributed by atoms with Gasteiger partial charge in [0, 0.05) is 18.9 Å². The highest BCUT2D eigenvalue weighted by atomic mass is 79.9. The van der Waals surface area contributed by atoms with E-state index in [1.165, 1.54) is 4.57 Å². The minimum atomic E-state index is -2.62. The van der Waals surface area contributed by atoms with Crippen LogP contribution in [0.3, 0.4) is 0 Å². The summed E-state index contributed by atoms with van der Waals surface area (Å²) >= 11 is 3.25. The molecule has 1 aliphatic rings. The van der Waals surface area contributed by atoms with Crippen molar-refractivity contribution in [2.45, 2.75) is 51.5 Å². The van der Waals surface area contributed by atoms with Gasteiger partial charge >= 0.3 is 0 Å². The Morgan fingerprint density at radius 2 is 1.82 bits per heavy atom. The molecule has 3 rings (SSSR count). The maximum atomic E-state index is 13.4. The molecule has 7 heteroatoms. The Bertz CT molecular complexity index is 793. The third-order valence-corrected chi connectivity index (χ3v) is 4.85. The van der Waals surface area contributed by atoms with Crippen LogP contribution in [0.25, 0.3) is 11.2 Å². The smallest absolute Gasteiger partial charge is 0.266 e. The highest BCUT2D eigenvalue weighted by Crippen LogP contribution is 2.38. The molecule has 0 spiro atoms. The third-order valence-electron chi connectivity index (χ3n) is 4.28. The zero-order chi connectivity index (χ0) is 16.1. The van der Waals surface area contributed by atoms with Crippen LogP contribution in [0.4, 0.5) is 8.78 Å². The molecule has 0 amide bonds. The number of halogens is 3. The maximum Gasteiger partial charge on any atom is 0.266 e. The highest BCUT2D eigenvalue weighted by Gasteiger charge is 2.36. The Hall–Kier alpha value is -1.37. The average molecular weight is 372 g/mol. The molecule has 0 bridgehead atoms. The number of rotatable bonds is 1. The predicted octanol–water partition coefficient (Wildman–Crippen LogP) is 3.92. The van der Waals surface area contributed by atoms with Gasteiger partial charge < -0.3 is 0 Å².